The lowest BCUT2D eigenvalue weighted by molar-refractivity contribution is 0.0999. The highest BCUT2D eigenvalue weighted by Gasteiger charge is 2.20. The minimum Gasteiger partial charge on any atom is -0.366 e. The van der Waals surface area contributed by atoms with Gasteiger partial charge in [-0.05, 0) is 74.5 Å². The molecule has 2 aromatic carbocycles. The summed E-state index contributed by atoms with van der Waals surface area (Å²) in [4.78, 5) is 14.0. The number of aryl methyl sites for hydroxylation is 2. The number of rotatable bonds is 5. The number of hydrogen-bond donors (Lipinski definition) is 1. The van der Waals surface area contributed by atoms with Gasteiger partial charge in [0.15, 0.2) is 0 Å². The molecule has 0 unspecified atom stereocenters. The minimum absolute atomic E-state index is 0.339. The van der Waals surface area contributed by atoms with E-state index in [1.54, 1.807) is 0 Å². The first kappa shape index (κ1) is 16.7. The number of piperidine rings is 1. The molecule has 24 heavy (non-hydrogen) atoms. The SMILES string of the molecule is CN1CCC(c2ccccc2CCc2ccccc2C(N)=O)CC1. The van der Waals surface area contributed by atoms with Crippen LogP contribution in [0.2, 0.25) is 0 Å². The number of primary amides is 1. The van der Waals surface area contributed by atoms with E-state index < -0.39 is 0 Å². The predicted molar refractivity (Wildman–Crippen MR) is 98.3 cm³/mol. The van der Waals surface area contributed by atoms with E-state index in [1.165, 1.54) is 37.1 Å². The lowest BCUT2D eigenvalue weighted by Gasteiger charge is -2.30. The van der Waals surface area contributed by atoms with Crippen LogP contribution in [-0.2, 0) is 12.8 Å². The normalized spacial score (nSPS) is 16.2. The van der Waals surface area contributed by atoms with Crippen LogP contribution in [0.1, 0.15) is 45.8 Å². The highest BCUT2D eigenvalue weighted by Crippen LogP contribution is 2.30. The molecule has 1 saturated heterocycles. The summed E-state index contributed by atoms with van der Waals surface area (Å²) in [6.07, 6.45) is 4.26. The van der Waals surface area contributed by atoms with Gasteiger partial charge in [-0.2, -0.15) is 0 Å². The fraction of sp³-hybridized carbons (Fsp3) is 0.381. The number of amides is 1. The van der Waals surface area contributed by atoms with Gasteiger partial charge in [-0.1, -0.05) is 42.5 Å². The van der Waals surface area contributed by atoms with Crippen LogP contribution < -0.4 is 5.73 Å². The van der Waals surface area contributed by atoms with Gasteiger partial charge in [-0.3, -0.25) is 4.79 Å². The number of carbonyl (C=O) groups excluding carboxylic acids is 1. The molecule has 0 saturated carbocycles. The molecule has 2 aromatic rings. The number of carbonyl (C=O) groups is 1. The first-order chi connectivity index (χ1) is 11.6. The van der Waals surface area contributed by atoms with Gasteiger partial charge in [0.1, 0.15) is 0 Å². The van der Waals surface area contributed by atoms with Crippen LogP contribution in [0.15, 0.2) is 48.5 Å². The van der Waals surface area contributed by atoms with Gasteiger partial charge in [0.2, 0.25) is 5.91 Å². The minimum atomic E-state index is -0.339. The zero-order valence-corrected chi connectivity index (χ0v) is 14.4. The fourth-order valence-electron chi connectivity index (χ4n) is 3.73. The lowest BCUT2D eigenvalue weighted by Crippen LogP contribution is -2.29. The van der Waals surface area contributed by atoms with E-state index in [1.807, 2.05) is 24.3 Å². The third-order valence-electron chi connectivity index (χ3n) is 5.16. The molecule has 1 fully saturated rings. The van der Waals surface area contributed by atoms with Crippen LogP contribution in [0.25, 0.3) is 0 Å². The molecule has 3 heteroatoms. The van der Waals surface area contributed by atoms with Gasteiger partial charge in [-0.15, -0.1) is 0 Å². The second kappa shape index (κ2) is 7.63. The second-order valence-electron chi connectivity index (χ2n) is 6.80. The Morgan fingerprint density at radius 2 is 1.58 bits per heavy atom. The van der Waals surface area contributed by atoms with Crippen LogP contribution in [0, 0.1) is 0 Å². The zero-order chi connectivity index (χ0) is 16.9. The summed E-state index contributed by atoms with van der Waals surface area (Å²) in [5.41, 5.74) is 10.1. The molecule has 2 N–H and O–H groups in total. The summed E-state index contributed by atoms with van der Waals surface area (Å²) in [5.74, 6) is 0.318. The van der Waals surface area contributed by atoms with E-state index in [-0.39, 0.29) is 5.91 Å². The van der Waals surface area contributed by atoms with E-state index in [2.05, 4.69) is 36.2 Å². The summed E-state index contributed by atoms with van der Waals surface area (Å²) in [6, 6.07) is 16.5. The Hall–Kier alpha value is -2.13. The molecule has 1 amide bonds. The maximum Gasteiger partial charge on any atom is 0.248 e. The van der Waals surface area contributed by atoms with Crippen molar-refractivity contribution < 1.29 is 4.79 Å². The van der Waals surface area contributed by atoms with Gasteiger partial charge in [0.25, 0.3) is 0 Å². The Labute approximate surface area is 144 Å². The highest BCUT2D eigenvalue weighted by atomic mass is 16.1. The molecule has 0 radical (unpaired) electrons. The average molecular weight is 322 g/mol. The van der Waals surface area contributed by atoms with Crippen LogP contribution in [0.3, 0.4) is 0 Å². The molecule has 3 rings (SSSR count). The van der Waals surface area contributed by atoms with Crippen molar-refractivity contribution in [1.82, 2.24) is 4.90 Å². The zero-order valence-electron chi connectivity index (χ0n) is 14.4. The second-order valence-corrected chi connectivity index (χ2v) is 6.80. The van der Waals surface area contributed by atoms with Gasteiger partial charge < -0.3 is 10.6 Å². The molecule has 0 spiro atoms. The molecule has 1 heterocycles. The van der Waals surface area contributed by atoms with E-state index >= 15 is 0 Å². The molecular weight excluding hydrogens is 296 g/mol. The van der Waals surface area contributed by atoms with Crippen LogP contribution in [-0.4, -0.2) is 30.9 Å². The standard InChI is InChI=1S/C21H26N2O/c1-23-14-12-18(13-15-23)19-8-4-2-6-16(19)10-11-17-7-3-5-9-20(17)21(22)24/h2-9,18H,10-15H2,1H3,(H2,22,24). The van der Waals surface area contributed by atoms with E-state index in [4.69, 9.17) is 5.73 Å². The average Bonchev–Trinajstić information content (AvgIpc) is 2.61. The third-order valence-corrected chi connectivity index (χ3v) is 5.16. The Kier molecular flexibility index (Phi) is 5.31. The summed E-state index contributed by atoms with van der Waals surface area (Å²) in [6.45, 7) is 2.34. The maximum atomic E-state index is 11.6. The van der Waals surface area contributed by atoms with Gasteiger partial charge >= 0.3 is 0 Å². The Bertz CT molecular complexity index is 702. The van der Waals surface area contributed by atoms with Gasteiger partial charge in [0.05, 0.1) is 0 Å². The summed E-state index contributed by atoms with van der Waals surface area (Å²) < 4.78 is 0. The number of benzene rings is 2. The van der Waals surface area contributed by atoms with Gasteiger partial charge in [-0.25, -0.2) is 0 Å². The van der Waals surface area contributed by atoms with Crippen molar-refractivity contribution in [2.75, 3.05) is 20.1 Å². The summed E-state index contributed by atoms with van der Waals surface area (Å²) >= 11 is 0. The number of nitrogens with two attached hydrogens (primary N) is 1. The Morgan fingerprint density at radius 3 is 2.29 bits per heavy atom. The molecule has 1 aliphatic heterocycles. The van der Waals surface area contributed by atoms with Crippen molar-refractivity contribution >= 4 is 5.91 Å². The van der Waals surface area contributed by atoms with Crippen molar-refractivity contribution in [2.45, 2.75) is 31.6 Å². The quantitative estimate of drug-likeness (QED) is 0.917. The van der Waals surface area contributed by atoms with Crippen LogP contribution >= 0.6 is 0 Å². The monoisotopic (exact) mass is 322 g/mol. The first-order valence-corrected chi connectivity index (χ1v) is 8.79. The number of nitrogens with zero attached hydrogens (tertiary/aromatic N) is 1. The van der Waals surface area contributed by atoms with Crippen molar-refractivity contribution in [1.29, 1.82) is 0 Å². The fourth-order valence-corrected chi connectivity index (χ4v) is 3.73. The van der Waals surface area contributed by atoms with Crippen molar-refractivity contribution in [2.24, 2.45) is 5.73 Å². The molecular formula is C21H26N2O. The van der Waals surface area contributed by atoms with Crippen LogP contribution in [0.5, 0.6) is 0 Å². The topological polar surface area (TPSA) is 46.3 Å². The molecule has 0 aromatic heterocycles. The van der Waals surface area contributed by atoms with Crippen LogP contribution in [0.4, 0.5) is 0 Å². The predicted octanol–water partition coefficient (Wildman–Crippen LogP) is 3.38. The maximum absolute atomic E-state index is 11.6. The Morgan fingerprint density at radius 1 is 1.00 bits per heavy atom. The highest BCUT2D eigenvalue weighted by molar-refractivity contribution is 5.94. The molecule has 0 bridgehead atoms. The summed E-state index contributed by atoms with van der Waals surface area (Å²) in [5, 5.41) is 0. The van der Waals surface area contributed by atoms with Crippen molar-refractivity contribution in [3.63, 3.8) is 0 Å². The van der Waals surface area contributed by atoms with E-state index in [0.29, 0.717) is 11.5 Å². The smallest absolute Gasteiger partial charge is 0.248 e. The molecule has 126 valence electrons. The van der Waals surface area contributed by atoms with Crippen molar-refractivity contribution in [3.05, 3.63) is 70.8 Å². The first-order valence-electron chi connectivity index (χ1n) is 8.79. The molecule has 0 aliphatic carbocycles. The summed E-state index contributed by atoms with van der Waals surface area (Å²) in [7, 11) is 2.20. The molecule has 0 atom stereocenters. The molecule has 1 aliphatic rings. The van der Waals surface area contributed by atoms with Crippen molar-refractivity contribution in [3.8, 4) is 0 Å². The third kappa shape index (κ3) is 3.85. The molecule has 3 nitrogen and oxygen atoms in total. The van der Waals surface area contributed by atoms with E-state index in [9.17, 15) is 4.79 Å². The number of hydrogen-bond acceptors (Lipinski definition) is 2. The lowest BCUT2D eigenvalue weighted by atomic mass is 9.85. The Balaban J connectivity index is 1.76. The number of likely N-dealkylation sites (tertiary alicyclic amines) is 1. The largest absolute Gasteiger partial charge is 0.366 e. The van der Waals surface area contributed by atoms with E-state index in [0.717, 1.165) is 18.4 Å². The van der Waals surface area contributed by atoms with Gasteiger partial charge in [0, 0.05) is 5.56 Å².